The second kappa shape index (κ2) is 9.05. The number of carbonyl (C=O) groups excluding carboxylic acids is 1. The second-order valence-corrected chi connectivity index (χ2v) is 10.3. The van der Waals surface area contributed by atoms with Gasteiger partial charge in [-0.25, -0.2) is 8.42 Å². The van der Waals surface area contributed by atoms with Crippen LogP contribution in [0.25, 0.3) is 11.1 Å². The van der Waals surface area contributed by atoms with Gasteiger partial charge in [0.1, 0.15) is 10.6 Å². The summed E-state index contributed by atoms with van der Waals surface area (Å²) >= 11 is 6.10. The molecule has 0 atom stereocenters. The number of hydrogen-bond acceptors (Lipinski definition) is 6. The maximum Gasteiger partial charge on any atom is 0.254 e. The van der Waals surface area contributed by atoms with Crippen LogP contribution >= 0.6 is 11.6 Å². The number of halogens is 1. The molecule has 1 amide bonds. The Labute approximate surface area is 197 Å². The Balaban J connectivity index is 1.71. The van der Waals surface area contributed by atoms with Crippen LogP contribution in [-0.2, 0) is 15.6 Å². The first-order valence-electron chi connectivity index (χ1n) is 10.2. The van der Waals surface area contributed by atoms with Crippen molar-refractivity contribution in [1.29, 1.82) is 0 Å². The highest BCUT2D eigenvalue weighted by Crippen LogP contribution is 2.36. The number of nitrogens with two attached hydrogens (primary N) is 1. The average Bonchev–Trinajstić information content (AvgIpc) is 2.78. The van der Waals surface area contributed by atoms with Crippen molar-refractivity contribution < 1.29 is 23.1 Å². The predicted octanol–water partition coefficient (Wildman–Crippen LogP) is 3.48. The summed E-state index contributed by atoms with van der Waals surface area (Å²) in [5, 5.41) is 10.2. The minimum absolute atomic E-state index is 0.0771. The zero-order valence-corrected chi connectivity index (χ0v) is 19.4. The summed E-state index contributed by atoms with van der Waals surface area (Å²) in [4.78, 5) is 13.8. The van der Waals surface area contributed by atoms with Crippen LogP contribution < -0.4 is 10.5 Å². The average molecular weight is 487 g/mol. The summed E-state index contributed by atoms with van der Waals surface area (Å²) in [6.07, 6.45) is 0. The first kappa shape index (κ1) is 23.1. The molecule has 1 fully saturated rings. The second-order valence-electron chi connectivity index (χ2n) is 7.93. The summed E-state index contributed by atoms with van der Waals surface area (Å²) < 4.78 is 32.1. The Kier molecular flexibility index (Phi) is 6.34. The van der Waals surface area contributed by atoms with Gasteiger partial charge in [0.15, 0.2) is 15.6 Å². The van der Waals surface area contributed by atoms with Crippen LogP contribution in [0.15, 0.2) is 65.6 Å². The van der Waals surface area contributed by atoms with E-state index in [4.69, 9.17) is 22.1 Å². The van der Waals surface area contributed by atoms with E-state index in [1.807, 2.05) is 36.4 Å². The van der Waals surface area contributed by atoms with E-state index in [0.717, 1.165) is 17.2 Å². The number of rotatable bonds is 6. The minimum Gasteiger partial charge on any atom is -0.505 e. The number of likely N-dealkylation sites (tertiary alicyclic amines) is 1. The first-order valence-corrected chi connectivity index (χ1v) is 12.2. The molecule has 33 heavy (non-hydrogen) atoms. The molecule has 1 heterocycles. The van der Waals surface area contributed by atoms with E-state index in [1.165, 1.54) is 18.1 Å². The van der Waals surface area contributed by atoms with E-state index >= 15 is 0 Å². The maximum absolute atomic E-state index is 13.4. The molecule has 7 nitrogen and oxygen atoms in total. The number of nitrogens with zero attached hydrogens (tertiary/aromatic N) is 1. The molecule has 0 radical (unpaired) electrons. The zero-order chi connectivity index (χ0) is 23.8. The van der Waals surface area contributed by atoms with Gasteiger partial charge in [-0.2, -0.15) is 0 Å². The molecule has 1 aliphatic heterocycles. The summed E-state index contributed by atoms with van der Waals surface area (Å²) in [7, 11) is -2.63. The molecule has 4 rings (SSSR count). The van der Waals surface area contributed by atoms with Gasteiger partial charge >= 0.3 is 0 Å². The van der Waals surface area contributed by atoms with E-state index in [2.05, 4.69) is 0 Å². The normalized spacial score (nSPS) is 14.1. The van der Waals surface area contributed by atoms with Crippen molar-refractivity contribution in [2.45, 2.75) is 16.7 Å². The molecule has 172 valence electrons. The third kappa shape index (κ3) is 4.68. The van der Waals surface area contributed by atoms with Crippen LogP contribution in [0.4, 0.5) is 0 Å². The molecule has 0 saturated carbocycles. The molecule has 0 unspecified atom stereocenters. The van der Waals surface area contributed by atoms with Crippen LogP contribution in [0.1, 0.15) is 15.9 Å². The van der Waals surface area contributed by atoms with Gasteiger partial charge in [0.05, 0.1) is 17.9 Å². The monoisotopic (exact) mass is 486 g/mol. The zero-order valence-electron chi connectivity index (χ0n) is 17.9. The van der Waals surface area contributed by atoms with Gasteiger partial charge < -0.3 is 20.5 Å². The summed E-state index contributed by atoms with van der Waals surface area (Å²) in [5.74, 6) is -1.04. The van der Waals surface area contributed by atoms with E-state index < -0.39 is 32.1 Å². The van der Waals surface area contributed by atoms with Crippen molar-refractivity contribution in [3.63, 3.8) is 0 Å². The lowest BCUT2D eigenvalue weighted by molar-refractivity contribution is 0.0608. The molecular formula is C24H23ClN2O5S. The SMILES string of the molecule is COc1ccc(-c2ccccc2)cc1CS(=O)(=O)c1cc(C(=O)N2CC(N)C2)cc(Cl)c1O. The van der Waals surface area contributed by atoms with Crippen LogP contribution in [0.2, 0.25) is 5.02 Å². The van der Waals surface area contributed by atoms with Gasteiger partial charge in [0.2, 0.25) is 0 Å². The number of phenols is 1. The largest absolute Gasteiger partial charge is 0.505 e. The van der Waals surface area contributed by atoms with Crippen molar-refractivity contribution >= 4 is 27.3 Å². The molecule has 0 aromatic heterocycles. The quantitative estimate of drug-likeness (QED) is 0.552. The van der Waals surface area contributed by atoms with E-state index in [9.17, 15) is 18.3 Å². The Morgan fingerprint density at radius 1 is 1.12 bits per heavy atom. The highest BCUT2D eigenvalue weighted by atomic mass is 35.5. The molecule has 0 spiro atoms. The van der Waals surface area contributed by atoms with Crippen molar-refractivity contribution in [2.75, 3.05) is 20.2 Å². The minimum atomic E-state index is -4.09. The lowest BCUT2D eigenvalue weighted by Gasteiger charge is -2.37. The number of aromatic hydroxyl groups is 1. The summed E-state index contributed by atoms with van der Waals surface area (Å²) in [5.41, 5.74) is 7.97. The van der Waals surface area contributed by atoms with Gasteiger partial charge in [0, 0.05) is 30.3 Å². The van der Waals surface area contributed by atoms with E-state index in [-0.39, 0.29) is 16.6 Å². The number of ether oxygens (including phenoxy) is 1. The number of sulfone groups is 1. The van der Waals surface area contributed by atoms with Crippen molar-refractivity contribution in [3.05, 3.63) is 76.8 Å². The van der Waals surface area contributed by atoms with E-state index in [1.54, 1.807) is 12.1 Å². The summed E-state index contributed by atoms with van der Waals surface area (Å²) in [6, 6.07) is 17.1. The fourth-order valence-corrected chi connectivity index (χ4v) is 5.56. The molecule has 0 aliphatic carbocycles. The van der Waals surface area contributed by atoms with Gasteiger partial charge in [-0.05, 0) is 35.4 Å². The third-order valence-corrected chi connectivity index (χ3v) is 7.50. The van der Waals surface area contributed by atoms with Crippen LogP contribution in [-0.4, -0.2) is 50.6 Å². The van der Waals surface area contributed by atoms with Crippen molar-refractivity contribution in [1.82, 2.24) is 4.90 Å². The molecule has 1 aliphatic rings. The van der Waals surface area contributed by atoms with E-state index in [0.29, 0.717) is 24.4 Å². The molecule has 3 N–H and O–H groups in total. The Bertz CT molecular complexity index is 1310. The lowest BCUT2D eigenvalue weighted by atomic mass is 10.0. The lowest BCUT2D eigenvalue weighted by Crippen LogP contribution is -2.57. The molecule has 3 aromatic rings. The number of methoxy groups -OCH3 is 1. The van der Waals surface area contributed by atoms with Crippen molar-refractivity contribution in [3.8, 4) is 22.6 Å². The number of amides is 1. The molecular weight excluding hydrogens is 464 g/mol. The Morgan fingerprint density at radius 3 is 2.45 bits per heavy atom. The fourth-order valence-electron chi connectivity index (χ4n) is 3.78. The fraction of sp³-hybridized carbons (Fsp3) is 0.208. The van der Waals surface area contributed by atoms with Crippen LogP contribution in [0, 0.1) is 0 Å². The predicted molar refractivity (Wildman–Crippen MR) is 126 cm³/mol. The number of hydrogen-bond donors (Lipinski definition) is 2. The van der Waals surface area contributed by atoms with Crippen LogP contribution in [0.5, 0.6) is 11.5 Å². The smallest absolute Gasteiger partial charge is 0.254 e. The maximum atomic E-state index is 13.4. The molecule has 1 saturated heterocycles. The van der Waals surface area contributed by atoms with Gasteiger partial charge in [0.25, 0.3) is 5.91 Å². The van der Waals surface area contributed by atoms with Gasteiger partial charge in [-0.3, -0.25) is 4.79 Å². The van der Waals surface area contributed by atoms with Gasteiger partial charge in [-0.1, -0.05) is 48.0 Å². The molecule has 3 aromatic carbocycles. The topological polar surface area (TPSA) is 110 Å². The Morgan fingerprint density at radius 2 is 1.82 bits per heavy atom. The highest BCUT2D eigenvalue weighted by molar-refractivity contribution is 7.90. The molecule has 9 heteroatoms. The third-order valence-electron chi connectivity index (χ3n) is 5.54. The Hall–Kier alpha value is -3.07. The number of benzene rings is 3. The first-order chi connectivity index (χ1) is 15.7. The number of carbonyl (C=O) groups is 1. The number of phenolic OH excluding ortho intramolecular Hbond substituents is 1. The molecule has 0 bridgehead atoms. The van der Waals surface area contributed by atoms with Crippen LogP contribution in [0.3, 0.4) is 0 Å². The standard InChI is InChI=1S/C24H23ClN2O5S/c1-32-21-8-7-16(15-5-3-2-4-6-15)9-18(21)14-33(30,31)22-11-17(10-20(25)23(22)28)24(29)27-12-19(26)13-27/h2-11,19,28H,12-14,26H2,1H3. The van der Waals surface area contributed by atoms with Crippen molar-refractivity contribution in [2.24, 2.45) is 5.73 Å². The highest BCUT2D eigenvalue weighted by Gasteiger charge is 2.31. The summed E-state index contributed by atoms with van der Waals surface area (Å²) in [6.45, 7) is 0.756. The van der Waals surface area contributed by atoms with Gasteiger partial charge in [-0.15, -0.1) is 0 Å².